The van der Waals surface area contributed by atoms with Gasteiger partial charge in [-0.25, -0.2) is 0 Å². The van der Waals surface area contributed by atoms with Crippen molar-refractivity contribution < 1.29 is 9.84 Å². The monoisotopic (exact) mass is 212 g/mol. The van der Waals surface area contributed by atoms with E-state index in [9.17, 15) is 5.11 Å². The van der Waals surface area contributed by atoms with Crippen molar-refractivity contribution in [3.05, 3.63) is 23.8 Å². The van der Waals surface area contributed by atoms with Crippen molar-refractivity contribution in [3.8, 4) is 11.5 Å². The number of hydrogen-bond donors (Lipinski definition) is 1. The Morgan fingerprint density at radius 1 is 1.43 bits per heavy atom. The highest BCUT2D eigenvalue weighted by Crippen LogP contribution is 2.25. The molecular weight excluding hydrogens is 196 g/mol. The van der Waals surface area contributed by atoms with Gasteiger partial charge < -0.3 is 9.84 Å². The van der Waals surface area contributed by atoms with E-state index < -0.39 is 0 Å². The first kappa shape index (κ1) is 11.2. The third-order valence-electron chi connectivity index (χ3n) is 1.94. The average Bonchev–Trinajstić information content (AvgIpc) is 2.19. The zero-order valence-corrected chi connectivity index (χ0v) is 9.43. The Bertz CT molecular complexity index is 287. The van der Waals surface area contributed by atoms with Crippen LogP contribution in [0.2, 0.25) is 0 Å². The summed E-state index contributed by atoms with van der Waals surface area (Å²) < 4.78 is 5.54. The van der Waals surface area contributed by atoms with Crippen LogP contribution in [0.15, 0.2) is 18.2 Å². The maximum absolute atomic E-state index is 9.42. The summed E-state index contributed by atoms with van der Waals surface area (Å²) in [6, 6.07) is 5.35. The van der Waals surface area contributed by atoms with E-state index in [0.29, 0.717) is 12.4 Å². The lowest BCUT2D eigenvalue weighted by atomic mass is 10.2. The van der Waals surface area contributed by atoms with Crippen LogP contribution in [-0.2, 0) is 0 Å². The standard InChI is InChI=1S/C11H16O2S/c1-3-14-8-7-13-11-6-4-5-10(12)9(11)2/h4-6,12H,3,7-8H2,1-2H3. The van der Waals surface area contributed by atoms with Crippen molar-refractivity contribution in [2.24, 2.45) is 0 Å². The minimum absolute atomic E-state index is 0.297. The zero-order valence-electron chi connectivity index (χ0n) is 8.62. The van der Waals surface area contributed by atoms with Gasteiger partial charge in [0.25, 0.3) is 0 Å². The highest BCUT2D eigenvalue weighted by molar-refractivity contribution is 7.99. The molecule has 1 aromatic carbocycles. The van der Waals surface area contributed by atoms with E-state index in [2.05, 4.69) is 6.92 Å². The number of phenols is 1. The fraction of sp³-hybridized carbons (Fsp3) is 0.455. The number of ether oxygens (including phenoxy) is 1. The average molecular weight is 212 g/mol. The van der Waals surface area contributed by atoms with Gasteiger partial charge in [-0.3, -0.25) is 0 Å². The molecule has 0 saturated heterocycles. The maximum Gasteiger partial charge on any atom is 0.125 e. The SMILES string of the molecule is CCSCCOc1cccc(O)c1C. The van der Waals surface area contributed by atoms with Crippen LogP contribution < -0.4 is 4.74 Å². The molecule has 3 heteroatoms. The van der Waals surface area contributed by atoms with E-state index >= 15 is 0 Å². The van der Waals surface area contributed by atoms with Gasteiger partial charge in [0.1, 0.15) is 11.5 Å². The van der Waals surface area contributed by atoms with Gasteiger partial charge in [-0.1, -0.05) is 13.0 Å². The van der Waals surface area contributed by atoms with Crippen molar-refractivity contribution in [2.75, 3.05) is 18.1 Å². The van der Waals surface area contributed by atoms with Crippen molar-refractivity contribution in [1.82, 2.24) is 0 Å². The molecule has 0 fully saturated rings. The summed E-state index contributed by atoms with van der Waals surface area (Å²) in [5.74, 6) is 3.18. The molecule has 14 heavy (non-hydrogen) atoms. The number of rotatable bonds is 5. The molecule has 1 rings (SSSR count). The lowest BCUT2D eigenvalue weighted by molar-refractivity contribution is 0.338. The second-order valence-electron chi connectivity index (χ2n) is 2.95. The fourth-order valence-electron chi connectivity index (χ4n) is 1.11. The normalized spacial score (nSPS) is 10.1. The zero-order chi connectivity index (χ0) is 10.4. The van der Waals surface area contributed by atoms with Crippen molar-refractivity contribution in [2.45, 2.75) is 13.8 Å². The second-order valence-corrected chi connectivity index (χ2v) is 4.34. The quantitative estimate of drug-likeness (QED) is 0.761. The van der Waals surface area contributed by atoms with Gasteiger partial charge in [-0.2, -0.15) is 11.8 Å². The topological polar surface area (TPSA) is 29.5 Å². The van der Waals surface area contributed by atoms with Crippen LogP contribution >= 0.6 is 11.8 Å². The summed E-state index contributed by atoms with van der Waals surface area (Å²) in [5, 5.41) is 9.42. The molecular formula is C11H16O2S. The van der Waals surface area contributed by atoms with E-state index in [4.69, 9.17) is 4.74 Å². The Balaban J connectivity index is 2.46. The van der Waals surface area contributed by atoms with Gasteiger partial charge >= 0.3 is 0 Å². The molecule has 0 aliphatic carbocycles. The molecule has 0 amide bonds. The Morgan fingerprint density at radius 2 is 2.21 bits per heavy atom. The molecule has 2 nitrogen and oxygen atoms in total. The van der Waals surface area contributed by atoms with Crippen LogP contribution in [0.4, 0.5) is 0 Å². The van der Waals surface area contributed by atoms with Gasteiger partial charge in [-0.05, 0) is 24.8 Å². The van der Waals surface area contributed by atoms with E-state index in [1.807, 2.05) is 24.8 Å². The predicted octanol–water partition coefficient (Wildman–Crippen LogP) is 2.83. The molecule has 78 valence electrons. The van der Waals surface area contributed by atoms with Crippen molar-refractivity contribution >= 4 is 11.8 Å². The van der Waals surface area contributed by atoms with Gasteiger partial charge in [0, 0.05) is 11.3 Å². The summed E-state index contributed by atoms with van der Waals surface area (Å²) in [4.78, 5) is 0. The molecule has 0 unspecified atom stereocenters. The van der Waals surface area contributed by atoms with E-state index in [1.54, 1.807) is 12.1 Å². The van der Waals surface area contributed by atoms with Gasteiger partial charge in [-0.15, -0.1) is 0 Å². The van der Waals surface area contributed by atoms with E-state index in [0.717, 1.165) is 22.8 Å². The van der Waals surface area contributed by atoms with Gasteiger partial charge in [0.2, 0.25) is 0 Å². The van der Waals surface area contributed by atoms with Crippen molar-refractivity contribution in [3.63, 3.8) is 0 Å². The lowest BCUT2D eigenvalue weighted by Gasteiger charge is -2.09. The van der Waals surface area contributed by atoms with Gasteiger partial charge in [0.15, 0.2) is 0 Å². The van der Waals surface area contributed by atoms with Crippen LogP contribution in [0.5, 0.6) is 11.5 Å². The third kappa shape index (κ3) is 3.14. The van der Waals surface area contributed by atoms with Gasteiger partial charge in [0.05, 0.1) is 6.61 Å². The molecule has 0 atom stereocenters. The fourth-order valence-corrected chi connectivity index (χ4v) is 1.60. The molecule has 0 radical (unpaired) electrons. The first-order chi connectivity index (χ1) is 6.75. The first-order valence-electron chi connectivity index (χ1n) is 4.74. The largest absolute Gasteiger partial charge is 0.508 e. The molecule has 1 N–H and O–H groups in total. The molecule has 0 heterocycles. The summed E-state index contributed by atoms with van der Waals surface area (Å²) in [6.07, 6.45) is 0. The minimum atomic E-state index is 0.297. The second kappa shape index (κ2) is 5.81. The number of aromatic hydroxyl groups is 1. The maximum atomic E-state index is 9.42. The highest BCUT2D eigenvalue weighted by atomic mass is 32.2. The summed E-state index contributed by atoms with van der Waals surface area (Å²) in [7, 11) is 0. The number of hydrogen-bond acceptors (Lipinski definition) is 3. The van der Waals surface area contributed by atoms with Crippen LogP contribution in [0.25, 0.3) is 0 Å². The Morgan fingerprint density at radius 3 is 2.93 bits per heavy atom. The summed E-state index contributed by atoms with van der Waals surface area (Å²) in [6.45, 7) is 4.69. The van der Waals surface area contributed by atoms with Crippen LogP contribution in [0, 0.1) is 6.92 Å². The summed E-state index contributed by atoms with van der Waals surface area (Å²) >= 11 is 1.85. The minimum Gasteiger partial charge on any atom is -0.508 e. The third-order valence-corrected chi connectivity index (χ3v) is 2.81. The Hall–Kier alpha value is -0.830. The molecule has 0 aliphatic heterocycles. The highest BCUT2D eigenvalue weighted by Gasteiger charge is 2.02. The van der Waals surface area contributed by atoms with E-state index in [-0.39, 0.29) is 0 Å². The molecule has 0 aromatic heterocycles. The van der Waals surface area contributed by atoms with Crippen LogP contribution in [-0.4, -0.2) is 23.2 Å². The number of benzene rings is 1. The summed E-state index contributed by atoms with van der Waals surface area (Å²) in [5.41, 5.74) is 0.814. The number of phenolic OH excluding ortho intramolecular Hbond substituents is 1. The molecule has 1 aromatic rings. The van der Waals surface area contributed by atoms with Crippen LogP contribution in [0.3, 0.4) is 0 Å². The Kier molecular flexibility index (Phi) is 4.66. The molecule has 0 saturated carbocycles. The van der Waals surface area contributed by atoms with Crippen molar-refractivity contribution in [1.29, 1.82) is 0 Å². The van der Waals surface area contributed by atoms with Crippen LogP contribution in [0.1, 0.15) is 12.5 Å². The van der Waals surface area contributed by atoms with E-state index in [1.165, 1.54) is 0 Å². The molecule has 0 bridgehead atoms. The smallest absolute Gasteiger partial charge is 0.125 e. The first-order valence-corrected chi connectivity index (χ1v) is 5.90. The molecule has 0 aliphatic rings. The lowest BCUT2D eigenvalue weighted by Crippen LogP contribution is -2.01. The predicted molar refractivity (Wildman–Crippen MR) is 61.3 cm³/mol. The Labute approximate surface area is 89.3 Å². The molecule has 0 spiro atoms. The number of thioether (sulfide) groups is 1.